The Bertz CT molecular complexity index is 714. The molecule has 0 spiro atoms. The van der Waals surface area contributed by atoms with Crippen LogP contribution in [0.15, 0.2) is 29.1 Å². The average molecular weight is 271 g/mol. The molecule has 1 aromatic carbocycles. The van der Waals surface area contributed by atoms with Crippen molar-refractivity contribution in [2.75, 3.05) is 0 Å². The van der Waals surface area contributed by atoms with Crippen LogP contribution in [0.3, 0.4) is 0 Å². The Hall–Kier alpha value is -2.39. The zero-order valence-electron chi connectivity index (χ0n) is 11.7. The van der Waals surface area contributed by atoms with Gasteiger partial charge in [0.15, 0.2) is 5.82 Å². The monoisotopic (exact) mass is 271 g/mol. The molecule has 0 aliphatic rings. The van der Waals surface area contributed by atoms with Gasteiger partial charge in [-0.15, -0.1) is 0 Å². The molecular weight excluding hydrogens is 254 g/mol. The number of nitriles is 1. The standard InChI is InChI=1S/C14H17N5O/c1-14(2,3)11(16)12-17-18-13(20)19(12)10-6-4-5-9(7-10)8-15/h4-7,11H,16H2,1-3H3,(H,18,20)/t11-/m1/s1. The maximum Gasteiger partial charge on any atom is 0.347 e. The Labute approximate surface area is 116 Å². The van der Waals surface area contributed by atoms with Gasteiger partial charge < -0.3 is 5.73 Å². The lowest BCUT2D eigenvalue weighted by atomic mass is 9.87. The molecule has 104 valence electrons. The third-order valence-electron chi connectivity index (χ3n) is 3.14. The first-order valence-electron chi connectivity index (χ1n) is 6.28. The first kappa shape index (κ1) is 14.0. The molecule has 6 heteroatoms. The second-order valence-electron chi connectivity index (χ2n) is 5.73. The summed E-state index contributed by atoms with van der Waals surface area (Å²) >= 11 is 0. The summed E-state index contributed by atoms with van der Waals surface area (Å²) in [5.41, 5.74) is 6.64. The lowest BCUT2D eigenvalue weighted by Crippen LogP contribution is -2.30. The van der Waals surface area contributed by atoms with Gasteiger partial charge in [-0.05, 0) is 23.6 Å². The lowest BCUT2D eigenvalue weighted by Gasteiger charge is -2.26. The number of benzene rings is 1. The fraction of sp³-hybridized carbons (Fsp3) is 0.357. The number of aromatic nitrogens is 3. The first-order chi connectivity index (χ1) is 9.34. The molecule has 1 aromatic heterocycles. The van der Waals surface area contributed by atoms with E-state index in [1.165, 1.54) is 4.57 Å². The Kier molecular flexibility index (Phi) is 3.47. The minimum Gasteiger partial charge on any atom is -0.321 e. The number of hydrogen-bond acceptors (Lipinski definition) is 4. The number of aromatic amines is 1. The minimum absolute atomic E-state index is 0.240. The van der Waals surface area contributed by atoms with Crippen LogP contribution in [0.2, 0.25) is 0 Å². The molecule has 3 N–H and O–H groups in total. The van der Waals surface area contributed by atoms with Crippen molar-refractivity contribution in [1.82, 2.24) is 14.8 Å². The summed E-state index contributed by atoms with van der Waals surface area (Å²) < 4.78 is 1.41. The molecule has 6 nitrogen and oxygen atoms in total. The van der Waals surface area contributed by atoms with Gasteiger partial charge in [0.05, 0.1) is 23.4 Å². The van der Waals surface area contributed by atoms with Gasteiger partial charge in [-0.25, -0.2) is 14.5 Å². The van der Waals surface area contributed by atoms with Crippen molar-refractivity contribution in [2.45, 2.75) is 26.8 Å². The molecule has 0 saturated heterocycles. The molecule has 0 unspecified atom stereocenters. The van der Waals surface area contributed by atoms with Crippen LogP contribution in [-0.4, -0.2) is 14.8 Å². The molecule has 1 atom stereocenters. The predicted octanol–water partition coefficient (Wildman–Crippen LogP) is 1.48. The van der Waals surface area contributed by atoms with E-state index < -0.39 is 6.04 Å². The summed E-state index contributed by atoms with van der Waals surface area (Å²) in [5.74, 6) is 0.456. The third-order valence-corrected chi connectivity index (χ3v) is 3.14. The molecule has 20 heavy (non-hydrogen) atoms. The van der Waals surface area contributed by atoms with E-state index in [2.05, 4.69) is 16.3 Å². The van der Waals surface area contributed by atoms with Crippen molar-refractivity contribution in [1.29, 1.82) is 5.26 Å². The average Bonchev–Trinajstić information content (AvgIpc) is 2.78. The zero-order chi connectivity index (χ0) is 14.9. The zero-order valence-corrected chi connectivity index (χ0v) is 11.7. The molecule has 0 saturated carbocycles. The predicted molar refractivity (Wildman–Crippen MR) is 75.3 cm³/mol. The Morgan fingerprint density at radius 1 is 1.45 bits per heavy atom. The topological polar surface area (TPSA) is 100 Å². The van der Waals surface area contributed by atoms with Crippen LogP contribution in [0.25, 0.3) is 5.69 Å². The Balaban J connectivity index is 2.61. The normalized spacial score (nSPS) is 12.9. The van der Waals surface area contributed by atoms with Crippen LogP contribution >= 0.6 is 0 Å². The van der Waals surface area contributed by atoms with Crippen molar-refractivity contribution in [3.63, 3.8) is 0 Å². The van der Waals surface area contributed by atoms with Gasteiger partial charge in [-0.3, -0.25) is 0 Å². The van der Waals surface area contributed by atoms with Crippen molar-refractivity contribution in [3.8, 4) is 11.8 Å². The van der Waals surface area contributed by atoms with Crippen LogP contribution in [0, 0.1) is 16.7 Å². The van der Waals surface area contributed by atoms with E-state index in [1.807, 2.05) is 20.8 Å². The van der Waals surface area contributed by atoms with E-state index in [0.717, 1.165) is 0 Å². The van der Waals surface area contributed by atoms with Crippen molar-refractivity contribution in [3.05, 3.63) is 46.1 Å². The van der Waals surface area contributed by atoms with Crippen LogP contribution in [-0.2, 0) is 0 Å². The van der Waals surface area contributed by atoms with E-state index in [-0.39, 0.29) is 11.1 Å². The molecule has 1 heterocycles. The molecule has 2 rings (SSSR count). The maximum atomic E-state index is 12.0. The molecular formula is C14H17N5O. The van der Waals surface area contributed by atoms with Crippen LogP contribution in [0.4, 0.5) is 0 Å². The third kappa shape index (κ3) is 2.49. The van der Waals surface area contributed by atoms with E-state index >= 15 is 0 Å². The van der Waals surface area contributed by atoms with Gasteiger partial charge in [0.25, 0.3) is 0 Å². The van der Waals surface area contributed by atoms with Gasteiger partial charge in [-0.1, -0.05) is 26.8 Å². The molecule has 0 amide bonds. The van der Waals surface area contributed by atoms with E-state index in [4.69, 9.17) is 11.0 Å². The number of nitrogens with two attached hydrogens (primary N) is 1. The van der Waals surface area contributed by atoms with E-state index in [0.29, 0.717) is 17.1 Å². The van der Waals surface area contributed by atoms with Gasteiger partial charge in [0, 0.05) is 0 Å². The molecule has 0 radical (unpaired) electrons. The summed E-state index contributed by atoms with van der Waals surface area (Å²) in [6, 6.07) is 8.42. The summed E-state index contributed by atoms with van der Waals surface area (Å²) in [7, 11) is 0. The molecule has 0 bridgehead atoms. The fourth-order valence-electron chi connectivity index (χ4n) is 1.87. The second-order valence-corrected chi connectivity index (χ2v) is 5.73. The summed E-state index contributed by atoms with van der Waals surface area (Å²) in [6.07, 6.45) is 0. The molecule has 0 fully saturated rings. The van der Waals surface area contributed by atoms with Crippen molar-refractivity contribution in [2.24, 2.45) is 11.1 Å². The molecule has 2 aromatic rings. The highest BCUT2D eigenvalue weighted by molar-refractivity contribution is 5.42. The summed E-state index contributed by atoms with van der Waals surface area (Å²) in [6.45, 7) is 5.94. The fourth-order valence-corrected chi connectivity index (χ4v) is 1.87. The van der Waals surface area contributed by atoms with E-state index in [1.54, 1.807) is 24.3 Å². The number of rotatable bonds is 2. The van der Waals surface area contributed by atoms with E-state index in [9.17, 15) is 4.79 Å². The molecule has 0 aliphatic heterocycles. The van der Waals surface area contributed by atoms with Gasteiger partial charge in [0.2, 0.25) is 0 Å². The van der Waals surface area contributed by atoms with Crippen LogP contribution in [0.1, 0.15) is 38.2 Å². The minimum atomic E-state index is -0.410. The largest absolute Gasteiger partial charge is 0.347 e. The summed E-state index contributed by atoms with van der Waals surface area (Å²) in [4.78, 5) is 12.0. The summed E-state index contributed by atoms with van der Waals surface area (Å²) in [5, 5.41) is 15.4. The molecule has 0 aliphatic carbocycles. The highest BCUT2D eigenvalue weighted by Crippen LogP contribution is 2.29. The number of nitrogens with zero attached hydrogens (tertiary/aromatic N) is 3. The maximum absolute atomic E-state index is 12.0. The second kappa shape index (κ2) is 4.94. The van der Waals surface area contributed by atoms with Gasteiger partial charge in [0.1, 0.15) is 0 Å². The van der Waals surface area contributed by atoms with Gasteiger partial charge >= 0.3 is 5.69 Å². The smallest absolute Gasteiger partial charge is 0.321 e. The lowest BCUT2D eigenvalue weighted by molar-refractivity contribution is 0.312. The number of nitrogens with one attached hydrogen (secondary N) is 1. The SMILES string of the molecule is CC(C)(C)[C@H](N)c1n[nH]c(=O)n1-c1cccc(C#N)c1. The quantitative estimate of drug-likeness (QED) is 0.863. The van der Waals surface area contributed by atoms with Crippen LogP contribution in [0.5, 0.6) is 0 Å². The van der Waals surface area contributed by atoms with Crippen molar-refractivity contribution >= 4 is 0 Å². The first-order valence-corrected chi connectivity index (χ1v) is 6.28. The number of H-pyrrole nitrogens is 1. The Morgan fingerprint density at radius 3 is 2.75 bits per heavy atom. The Morgan fingerprint density at radius 2 is 2.15 bits per heavy atom. The van der Waals surface area contributed by atoms with Crippen molar-refractivity contribution < 1.29 is 0 Å². The van der Waals surface area contributed by atoms with Gasteiger partial charge in [-0.2, -0.15) is 10.4 Å². The number of hydrogen-bond donors (Lipinski definition) is 2. The highest BCUT2D eigenvalue weighted by atomic mass is 16.1. The highest BCUT2D eigenvalue weighted by Gasteiger charge is 2.28. The van der Waals surface area contributed by atoms with Crippen LogP contribution < -0.4 is 11.4 Å².